The number of nitrogens with zero attached hydrogens (tertiary/aromatic N) is 1. The van der Waals surface area contributed by atoms with Crippen LogP contribution in [-0.2, 0) is 9.53 Å². The minimum atomic E-state index is -0.934. The molecule has 0 unspecified atom stereocenters. The number of halogens is 1. The summed E-state index contributed by atoms with van der Waals surface area (Å²) in [6.45, 7) is 2.22. The quantitative estimate of drug-likeness (QED) is 0.830. The molecular weight excluding hydrogens is 327 g/mol. The van der Waals surface area contributed by atoms with E-state index in [1.165, 1.54) is 18.4 Å². The first kappa shape index (κ1) is 17.6. The molecule has 25 heavy (non-hydrogen) atoms. The van der Waals surface area contributed by atoms with Crippen molar-refractivity contribution in [3.05, 3.63) is 59.8 Å². The number of morpholine rings is 1. The van der Waals surface area contributed by atoms with Crippen molar-refractivity contribution in [1.82, 2.24) is 10.2 Å². The summed E-state index contributed by atoms with van der Waals surface area (Å²) in [5.74, 6) is -0.300. The molecule has 1 aromatic carbocycles. The maximum absolute atomic E-state index is 13.6. The maximum Gasteiger partial charge on any atom is 0.242 e. The van der Waals surface area contributed by atoms with Crippen molar-refractivity contribution in [3.8, 4) is 0 Å². The number of ether oxygens (including phenoxy) is 1. The van der Waals surface area contributed by atoms with Crippen molar-refractivity contribution in [2.75, 3.05) is 32.8 Å². The lowest BCUT2D eigenvalue weighted by atomic mass is 10.0. The van der Waals surface area contributed by atoms with Gasteiger partial charge in [0.1, 0.15) is 23.7 Å². The summed E-state index contributed by atoms with van der Waals surface area (Å²) in [5.41, 5.74) is 0.576. The van der Waals surface area contributed by atoms with Gasteiger partial charge >= 0.3 is 0 Å². The molecule has 3 rings (SSSR count). The van der Waals surface area contributed by atoms with E-state index in [0.717, 1.165) is 0 Å². The van der Waals surface area contributed by atoms with E-state index in [2.05, 4.69) is 5.32 Å². The Hall–Kier alpha value is -2.22. The van der Waals surface area contributed by atoms with Gasteiger partial charge in [-0.2, -0.15) is 0 Å². The number of rotatable bonds is 6. The van der Waals surface area contributed by atoms with Crippen molar-refractivity contribution in [1.29, 1.82) is 0 Å². The molecular formula is C18H21FN2O4. The van der Waals surface area contributed by atoms with Gasteiger partial charge in [-0.1, -0.05) is 12.1 Å². The molecule has 0 radical (unpaired) electrons. The fraction of sp³-hybridized carbons (Fsp3) is 0.389. The summed E-state index contributed by atoms with van der Waals surface area (Å²) in [6.07, 6.45) is 0.528. The second kappa shape index (κ2) is 8.24. The highest BCUT2D eigenvalue weighted by atomic mass is 19.1. The van der Waals surface area contributed by atoms with Crippen LogP contribution in [0.5, 0.6) is 0 Å². The van der Waals surface area contributed by atoms with Crippen molar-refractivity contribution >= 4 is 5.91 Å². The summed E-state index contributed by atoms with van der Waals surface area (Å²) in [4.78, 5) is 14.7. The van der Waals surface area contributed by atoms with Crippen LogP contribution in [-0.4, -0.2) is 48.8 Å². The van der Waals surface area contributed by atoms with Gasteiger partial charge in [-0.15, -0.1) is 0 Å². The normalized spacial score (nSPS) is 17.8. The first-order valence-corrected chi connectivity index (χ1v) is 8.21. The van der Waals surface area contributed by atoms with Crippen LogP contribution in [0.4, 0.5) is 4.39 Å². The van der Waals surface area contributed by atoms with Gasteiger partial charge in [-0.05, 0) is 29.8 Å². The third-order valence-corrected chi connectivity index (χ3v) is 4.16. The molecule has 1 aliphatic heterocycles. The number of carbonyl (C=O) groups is 1. The number of furan rings is 1. The molecule has 1 aromatic heterocycles. The van der Waals surface area contributed by atoms with E-state index in [9.17, 15) is 14.3 Å². The summed E-state index contributed by atoms with van der Waals surface area (Å²) < 4.78 is 24.1. The van der Waals surface area contributed by atoms with Crippen LogP contribution in [0.15, 0.2) is 47.1 Å². The van der Waals surface area contributed by atoms with Crippen LogP contribution >= 0.6 is 0 Å². The number of nitrogens with one attached hydrogen (secondary N) is 1. The smallest absolute Gasteiger partial charge is 0.242 e. The number of hydrogen-bond acceptors (Lipinski definition) is 5. The van der Waals surface area contributed by atoms with E-state index in [1.54, 1.807) is 24.3 Å². The van der Waals surface area contributed by atoms with E-state index in [4.69, 9.17) is 9.15 Å². The Morgan fingerprint density at radius 1 is 1.28 bits per heavy atom. The van der Waals surface area contributed by atoms with Crippen LogP contribution < -0.4 is 5.32 Å². The van der Waals surface area contributed by atoms with Crippen LogP contribution in [0.25, 0.3) is 0 Å². The van der Waals surface area contributed by atoms with Gasteiger partial charge in [0, 0.05) is 13.1 Å². The summed E-state index contributed by atoms with van der Waals surface area (Å²) in [7, 11) is 0. The highest BCUT2D eigenvalue weighted by Crippen LogP contribution is 2.23. The van der Waals surface area contributed by atoms with Gasteiger partial charge in [-0.3, -0.25) is 9.69 Å². The SMILES string of the molecule is O=C(NC[C@H](O)c1ccco1)[C@@H](c1cccc(F)c1)N1CCOCC1. The van der Waals surface area contributed by atoms with E-state index in [1.807, 2.05) is 4.90 Å². The second-order valence-corrected chi connectivity index (χ2v) is 5.88. The number of carbonyl (C=O) groups excluding carboxylic acids is 1. The Labute approximate surface area is 145 Å². The molecule has 2 N–H and O–H groups in total. The number of amides is 1. The predicted molar refractivity (Wildman–Crippen MR) is 88.2 cm³/mol. The number of aliphatic hydroxyl groups is 1. The highest BCUT2D eigenvalue weighted by molar-refractivity contribution is 5.83. The molecule has 2 aromatic rings. The van der Waals surface area contributed by atoms with E-state index in [-0.39, 0.29) is 18.3 Å². The lowest BCUT2D eigenvalue weighted by molar-refractivity contribution is -0.129. The third-order valence-electron chi connectivity index (χ3n) is 4.16. The first-order valence-electron chi connectivity index (χ1n) is 8.21. The topological polar surface area (TPSA) is 74.9 Å². The van der Waals surface area contributed by atoms with Crippen LogP contribution in [0.2, 0.25) is 0 Å². The molecule has 1 saturated heterocycles. The zero-order chi connectivity index (χ0) is 17.6. The molecule has 1 fully saturated rings. The molecule has 0 saturated carbocycles. The predicted octanol–water partition coefficient (Wildman–Crippen LogP) is 1.64. The van der Waals surface area contributed by atoms with Crippen molar-refractivity contribution < 1.29 is 23.4 Å². The first-order chi connectivity index (χ1) is 12.1. The molecule has 2 atom stereocenters. The zero-order valence-corrected chi connectivity index (χ0v) is 13.7. The van der Waals surface area contributed by atoms with Crippen molar-refractivity contribution in [2.45, 2.75) is 12.1 Å². The number of aliphatic hydroxyl groups excluding tert-OH is 1. The van der Waals surface area contributed by atoms with Crippen LogP contribution in [0, 0.1) is 5.82 Å². The fourth-order valence-electron chi connectivity index (χ4n) is 2.92. The minimum Gasteiger partial charge on any atom is -0.467 e. The third kappa shape index (κ3) is 4.45. The molecule has 1 aliphatic rings. The lowest BCUT2D eigenvalue weighted by Gasteiger charge is -2.34. The molecule has 7 heteroatoms. The van der Waals surface area contributed by atoms with E-state index < -0.39 is 12.1 Å². The largest absolute Gasteiger partial charge is 0.467 e. The Balaban J connectivity index is 1.72. The van der Waals surface area contributed by atoms with Crippen molar-refractivity contribution in [3.63, 3.8) is 0 Å². The maximum atomic E-state index is 13.6. The number of benzene rings is 1. The van der Waals surface area contributed by atoms with Gasteiger partial charge in [0.15, 0.2) is 0 Å². The second-order valence-electron chi connectivity index (χ2n) is 5.88. The molecule has 2 heterocycles. The average molecular weight is 348 g/mol. The standard InChI is InChI=1S/C18H21FN2O4/c19-14-4-1-3-13(11-14)17(21-6-9-24-10-7-21)18(23)20-12-15(22)16-5-2-8-25-16/h1-5,8,11,15,17,22H,6-7,9-10,12H2,(H,20,23)/t15-,17+/m0/s1. The Morgan fingerprint density at radius 3 is 2.76 bits per heavy atom. The summed E-state index contributed by atoms with van der Waals surface area (Å²) >= 11 is 0. The minimum absolute atomic E-state index is 0.0164. The Bertz CT molecular complexity index is 686. The van der Waals surface area contributed by atoms with Crippen LogP contribution in [0.1, 0.15) is 23.5 Å². The number of hydrogen-bond donors (Lipinski definition) is 2. The van der Waals surface area contributed by atoms with Gasteiger partial charge in [0.25, 0.3) is 0 Å². The van der Waals surface area contributed by atoms with Crippen LogP contribution in [0.3, 0.4) is 0 Å². The van der Waals surface area contributed by atoms with Gasteiger partial charge < -0.3 is 19.6 Å². The molecule has 0 aliphatic carbocycles. The molecule has 0 spiro atoms. The molecule has 0 bridgehead atoms. The molecule has 1 amide bonds. The van der Waals surface area contributed by atoms with Gasteiger partial charge in [0.05, 0.1) is 26.0 Å². The zero-order valence-electron chi connectivity index (χ0n) is 13.7. The summed E-state index contributed by atoms with van der Waals surface area (Å²) in [5, 5.41) is 12.8. The van der Waals surface area contributed by atoms with Gasteiger partial charge in [-0.25, -0.2) is 4.39 Å². The Morgan fingerprint density at radius 2 is 2.08 bits per heavy atom. The summed E-state index contributed by atoms with van der Waals surface area (Å²) in [6, 6.07) is 8.70. The monoisotopic (exact) mass is 348 g/mol. The fourth-order valence-corrected chi connectivity index (χ4v) is 2.92. The van der Waals surface area contributed by atoms with E-state index >= 15 is 0 Å². The average Bonchev–Trinajstić information content (AvgIpc) is 3.16. The highest BCUT2D eigenvalue weighted by Gasteiger charge is 2.29. The Kier molecular flexibility index (Phi) is 5.80. The molecule has 134 valence electrons. The van der Waals surface area contributed by atoms with E-state index in [0.29, 0.717) is 37.6 Å². The van der Waals surface area contributed by atoms with Gasteiger partial charge in [0.2, 0.25) is 5.91 Å². The molecule has 6 nitrogen and oxygen atoms in total. The lowest BCUT2D eigenvalue weighted by Crippen LogP contribution is -2.46. The van der Waals surface area contributed by atoms with Crippen molar-refractivity contribution in [2.24, 2.45) is 0 Å².